The zero-order valence-corrected chi connectivity index (χ0v) is 16.9. The molecule has 6 heteroatoms. The molecule has 5 nitrogen and oxygen atoms in total. The highest BCUT2D eigenvalue weighted by atomic mass is 32.2. The van der Waals surface area contributed by atoms with Crippen molar-refractivity contribution in [3.8, 4) is 5.75 Å². The highest BCUT2D eigenvalue weighted by molar-refractivity contribution is 7.98. The Morgan fingerprint density at radius 2 is 1.77 bits per heavy atom. The molecular formula is C20H26N2O3S. The molecule has 2 aromatic carbocycles. The van der Waals surface area contributed by atoms with Gasteiger partial charge in [-0.3, -0.25) is 9.59 Å². The Labute approximate surface area is 159 Å². The van der Waals surface area contributed by atoms with Crippen LogP contribution in [0.3, 0.4) is 0 Å². The van der Waals surface area contributed by atoms with E-state index in [4.69, 9.17) is 4.74 Å². The van der Waals surface area contributed by atoms with Crippen LogP contribution >= 0.6 is 11.8 Å². The van der Waals surface area contributed by atoms with Crippen molar-refractivity contribution in [2.24, 2.45) is 0 Å². The van der Waals surface area contributed by atoms with Crippen LogP contribution in [0.5, 0.6) is 5.75 Å². The van der Waals surface area contributed by atoms with Gasteiger partial charge >= 0.3 is 0 Å². The highest BCUT2D eigenvalue weighted by Crippen LogP contribution is 2.27. The summed E-state index contributed by atoms with van der Waals surface area (Å²) in [5.41, 5.74) is 2.85. The number of para-hydroxylation sites is 2. The van der Waals surface area contributed by atoms with Crippen LogP contribution in [-0.2, 0) is 9.59 Å². The lowest BCUT2D eigenvalue weighted by Gasteiger charge is -2.17. The van der Waals surface area contributed by atoms with Crippen LogP contribution in [0, 0.1) is 6.92 Å². The van der Waals surface area contributed by atoms with E-state index in [9.17, 15) is 9.59 Å². The Hall–Kier alpha value is -2.47. The number of methoxy groups -OCH3 is 1. The summed E-state index contributed by atoms with van der Waals surface area (Å²) in [4.78, 5) is 24.6. The van der Waals surface area contributed by atoms with E-state index in [0.29, 0.717) is 5.75 Å². The lowest BCUT2D eigenvalue weighted by atomic mass is 10.2. The number of amides is 2. The number of thioether (sulfide) groups is 1. The minimum absolute atomic E-state index is 0.00972. The Morgan fingerprint density at radius 1 is 1.12 bits per heavy atom. The molecule has 2 rings (SSSR count). The maximum Gasteiger partial charge on any atom is 0.223 e. The molecule has 1 N–H and O–H groups in total. The number of hydrogen-bond acceptors (Lipinski definition) is 4. The van der Waals surface area contributed by atoms with E-state index in [1.165, 1.54) is 13.8 Å². The van der Waals surface area contributed by atoms with Crippen LogP contribution in [0.15, 0.2) is 47.4 Å². The summed E-state index contributed by atoms with van der Waals surface area (Å²) < 4.78 is 5.12. The molecule has 0 unspecified atom stereocenters. The summed E-state index contributed by atoms with van der Waals surface area (Å²) in [7, 11) is 3.31. The first-order valence-electron chi connectivity index (χ1n) is 8.09. The largest absolute Gasteiger partial charge is 0.495 e. The zero-order valence-electron chi connectivity index (χ0n) is 16.1. The lowest BCUT2D eigenvalue weighted by Crippen LogP contribution is -2.23. The molecule has 0 saturated carbocycles. The SMILES string of the molecule is COc1ccccc1N(C)C(C)=O.CSc1ccc(C)cc1NC(C)=O. The molecule has 0 aliphatic rings. The van der Waals surface area contributed by atoms with E-state index >= 15 is 0 Å². The number of hydrogen-bond donors (Lipinski definition) is 1. The number of carbonyl (C=O) groups is 2. The molecule has 0 aliphatic carbocycles. The molecule has 0 radical (unpaired) electrons. The molecule has 0 spiro atoms. The fraction of sp³-hybridized carbons (Fsp3) is 0.300. The van der Waals surface area contributed by atoms with Crippen LogP contribution in [0.2, 0.25) is 0 Å². The maximum absolute atomic E-state index is 11.1. The molecule has 2 aromatic rings. The summed E-state index contributed by atoms with van der Waals surface area (Å²) in [5.74, 6) is 0.672. The van der Waals surface area contributed by atoms with Gasteiger partial charge in [-0.25, -0.2) is 0 Å². The summed E-state index contributed by atoms with van der Waals surface area (Å²) >= 11 is 1.63. The lowest BCUT2D eigenvalue weighted by molar-refractivity contribution is -0.116. The van der Waals surface area contributed by atoms with Crippen LogP contribution in [-0.4, -0.2) is 32.2 Å². The van der Waals surface area contributed by atoms with Crippen molar-refractivity contribution >= 4 is 35.0 Å². The molecule has 0 atom stereocenters. The van der Waals surface area contributed by atoms with Crippen LogP contribution in [0.1, 0.15) is 19.4 Å². The highest BCUT2D eigenvalue weighted by Gasteiger charge is 2.09. The smallest absolute Gasteiger partial charge is 0.223 e. The van der Waals surface area contributed by atoms with Gasteiger partial charge in [-0.05, 0) is 43.0 Å². The second-order valence-corrected chi connectivity index (χ2v) is 6.48. The Bertz CT molecular complexity index is 762. The van der Waals surface area contributed by atoms with E-state index in [1.54, 1.807) is 30.8 Å². The third kappa shape index (κ3) is 6.44. The average molecular weight is 375 g/mol. The van der Waals surface area contributed by atoms with Crippen molar-refractivity contribution < 1.29 is 14.3 Å². The maximum atomic E-state index is 11.1. The van der Waals surface area contributed by atoms with E-state index in [1.807, 2.05) is 55.6 Å². The molecule has 0 bridgehead atoms. The van der Waals surface area contributed by atoms with Gasteiger partial charge in [0, 0.05) is 25.8 Å². The van der Waals surface area contributed by atoms with E-state index in [2.05, 4.69) is 5.32 Å². The predicted molar refractivity (Wildman–Crippen MR) is 109 cm³/mol. The van der Waals surface area contributed by atoms with Gasteiger partial charge < -0.3 is 15.0 Å². The zero-order chi connectivity index (χ0) is 19.7. The number of nitrogens with one attached hydrogen (secondary N) is 1. The minimum Gasteiger partial charge on any atom is -0.495 e. The van der Waals surface area contributed by atoms with Gasteiger partial charge in [0.15, 0.2) is 0 Å². The number of nitrogens with zero attached hydrogens (tertiary/aromatic N) is 1. The normalized spacial score (nSPS) is 9.62. The number of carbonyl (C=O) groups excluding carboxylic acids is 2. The Balaban J connectivity index is 0.000000260. The Morgan fingerprint density at radius 3 is 2.31 bits per heavy atom. The Kier molecular flexibility index (Phi) is 8.72. The summed E-state index contributed by atoms with van der Waals surface area (Å²) in [6.07, 6.45) is 2.00. The van der Waals surface area contributed by atoms with Gasteiger partial charge in [-0.2, -0.15) is 0 Å². The molecular weight excluding hydrogens is 348 g/mol. The molecule has 0 aromatic heterocycles. The van der Waals surface area contributed by atoms with Crippen molar-refractivity contribution in [1.82, 2.24) is 0 Å². The van der Waals surface area contributed by atoms with Gasteiger partial charge in [0.1, 0.15) is 5.75 Å². The van der Waals surface area contributed by atoms with E-state index in [0.717, 1.165) is 21.8 Å². The summed E-state index contributed by atoms with van der Waals surface area (Å²) in [5, 5.41) is 2.81. The molecule has 140 valence electrons. The van der Waals surface area contributed by atoms with Crippen molar-refractivity contribution in [1.29, 1.82) is 0 Å². The number of rotatable bonds is 4. The molecule has 0 aliphatic heterocycles. The standard InChI is InChI=1S/C10H13NO2.C10H13NOS/c1-8(12)11(2)9-6-4-5-7-10(9)13-3;1-7-4-5-10(13-3)9(6-7)11-8(2)12/h4-7H,1-3H3;4-6H,1-3H3,(H,11,12). The average Bonchev–Trinajstić information content (AvgIpc) is 2.61. The first kappa shape index (κ1) is 21.6. The van der Waals surface area contributed by atoms with Gasteiger partial charge in [0.05, 0.1) is 18.5 Å². The molecule has 2 amide bonds. The van der Waals surface area contributed by atoms with Gasteiger partial charge in [0.2, 0.25) is 11.8 Å². The van der Waals surface area contributed by atoms with Crippen LogP contribution in [0.25, 0.3) is 0 Å². The fourth-order valence-electron chi connectivity index (χ4n) is 2.19. The molecule has 0 fully saturated rings. The van der Waals surface area contributed by atoms with Crippen molar-refractivity contribution in [3.63, 3.8) is 0 Å². The summed E-state index contributed by atoms with van der Waals surface area (Å²) in [6, 6.07) is 13.5. The monoisotopic (exact) mass is 374 g/mol. The first-order valence-corrected chi connectivity index (χ1v) is 9.32. The van der Waals surface area contributed by atoms with Gasteiger partial charge in [0.25, 0.3) is 0 Å². The summed E-state index contributed by atoms with van der Waals surface area (Å²) in [6.45, 7) is 5.05. The van der Waals surface area contributed by atoms with E-state index in [-0.39, 0.29) is 11.8 Å². The van der Waals surface area contributed by atoms with Gasteiger partial charge in [-0.15, -0.1) is 11.8 Å². The minimum atomic E-state index is -0.0269. The van der Waals surface area contributed by atoms with Crippen molar-refractivity contribution in [2.75, 3.05) is 30.6 Å². The molecule has 0 saturated heterocycles. The van der Waals surface area contributed by atoms with Crippen molar-refractivity contribution in [3.05, 3.63) is 48.0 Å². The number of aryl methyl sites for hydroxylation is 1. The number of benzene rings is 2. The fourth-order valence-corrected chi connectivity index (χ4v) is 2.72. The van der Waals surface area contributed by atoms with Crippen molar-refractivity contribution in [2.45, 2.75) is 25.7 Å². The quantitative estimate of drug-likeness (QED) is 0.808. The second kappa shape index (κ2) is 10.5. The molecule has 26 heavy (non-hydrogen) atoms. The third-order valence-corrected chi connectivity index (χ3v) is 4.38. The first-order chi connectivity index (χ1) is 12.3. The topological polar surface area (TPSA) is 58.6 Å². The molecule has 0 heterocycles. The number of anilines is 2. The predicted octanol–water partition coefficient (Wildman–Crippen LogP) is 4.35. The van der Waals surface area contributed by atoms with Crippen LogP contribution < -0.4 is 15.0 Å². The van der Waals surface area contributed by atoms with Gasteiger partial charge in [-0.1, -0.05) is 18.2 Å². The van der Waals surface area contributed by atoms with E-state index < -0.39 is 0 Å². The van der Waals surface area contributed by atoms with Crippen LogP contribution in [0.4, 0.5) is 11.4 Å². The third-order valence-electron chi connectivity index (χ3n) is 3.58. The number of ether oxygens (including phenoxy) is 1. The second-order valence-electron chi connectivity index (χ2n) is 5.63.